The van der Waals surface area contributed by atoms with E-state index < -0.39 is 0 Å². The van der Waals surface area contributed by atoms with Crippen LogP contribution in [0.2, 0.25) is 5.15 Å². The van der Waals surface area contributed by atoms with Crippen molar-refractivity contribution in [2.24, 2.45) is 0 Å². The van der Waals surface area contributed by atoms with Crippen LogP contribution in [-0.2, 0) is 6.54 Å². The zero-order valence-electron chi connectivity index (χ0n) is 12.8. The van der Waals surface area contributed by atoms with Gasteiger partial charge in [-0.2, -0.15) is 0 Å². The lowest BCUT2D eigenvalue weighted by atomic mass is 10.1. The molecule has 114 valence electrons. The van der Waals surface area contributed by atoms with Crippen LogP contribution in [0, 0.1) is 6.92 Å². The fourth-order valence-electron chi connectivity index (χ4n) is 3.02. The molecule has 4 heteroatoms. The standard InChI is InChI=1S/C19H16ClN3/c1-13-5-4-6-14(9-13)11-23-12-22-19(20)18(23)16-10-21-17-8-3-2-7-15(16)17/h2-10,12,21H,11H2,1H3. The predicted molar refractivity (Wildman–Crippen MR) is 94.8 cm³/mol. The Labute approximate surface area is 139 Å². The third-order valence-electron chi connectivity index (χ3n) is 4.07. The normalized spacial score (nSPS) is 11.2. The van der Waals surface area contributed by atoms with E-state index in [-0.39, 0.29) is 0 Å². The Hall–Kier alpha value is -2.52. The summed E-state index contributed by atoms with van der Waals surface area (Å²) in [5, 5.41) is 1.68. The van der Waals surface area contributed by atoms with Crippen LogP contribution in [-0.4, -0.2) is 14.5 Å². The predicted octanol–water partition coefficient (Wildman–Crippen LogP) is 5.04. The quantitative estimate of drug-likeness (QED) is 0.563. The van der Waals surface area contributed by atoms with Gasteiger partial charge in [-0.25, -0.2) is 4.98 Å². The molecule has 0 unspecified atom stereocenters. The zero-order valence-corrected chi connectivity index (χ0v) is 13.5. The van der Waals surface area contributed by atoms with E-state index in [1.54, 1.807) is 0 Å². The molecule has 0 aliphatic carbocycles. The lowest BCUT2D eigenvalue weighted by Gasteiger charge is -2.09. The van der Waals surface area contributed by atoms with Gasteiger partial charge in [-0.1, -0.05) is 59.6 Å². The summed E-state index contributed by atoms with van der Waals surface area (Å²) in [6.45, 7) is 2.85. The summed E-state index contributed by atoms with van der Waals surface area (Å²) in [7, 11) is 0. The number of nitrogens with one attached hydrogen (secondary N) is 1. The molecule has 4 rings (SSSR count). The Morgan fingerprint density at radius 2 is 2.00 bits per heavy atom. The summed E-state index contributed by atoms with van der Waals surface area (Å²) in [4.78, 5) is 7.62. The SMILES string of the molecule is Cc1cccc(Cn2cnc(Cl)c2-c2c[nH]c3ccccc23)c1. The number of rotatable bonds is 3. The first-order valence-electron chi connectivity index (χ1n) is 7.55. The highest BCUT2D eigenvalue weighted by molar-refractivity contribution is 6.32. The monoisotopic (exact) mass is 321 g/mol. The van der Waals surface area contributed by atoms with E-state index in [9.17, 15) is 0 Å². The van der Waals surface area contributed by atoms with Gasteiger partial charge in [0.05, 0.1) is 12.0 Å². The highest BCUT2D eigenvalue weighted by Crippen LogP contribution is 2.33. The number of H-pyrrole nitrogens is 1. The highest BCUT2D eigenvalue weighted by atomic mass is 35.5. The second-order valence-electron chi connectivity index (χ2n) is 5.75. The minimum Gasteiger partial charge on any atom is -0.360 e. The van der Waals surface area contributed by atoms with E-state index in [1.807, 2.05) is 24.7 Å². The van der Waals surface area contributed by atoms with Gasteiger partial charge < -0.3 is 9.55 Å². The average Bonchev–Trinajstić information content (AvgIpc) is 3.11. The molecule has 0 spiro atoms. The number of imidazole rings is 1. The molecule has 4 aromatic rings. The van der Waals surface area contributed by atoms with Crippen LogP contribution in [0.5, 0.6) is 0 Å². The Morgan fingerprint density at radius 3 is 2.87 bits per heavy atom. The first-order chi connectivity index (χ1) is 11.2. The van der Waals surface area contributed by atoms with Crippen molar-refractivity contribution >= 4 is 22.5 Å². The molecule has 0 radical (unpaired) electrons. The van der Waals surface area contributed by atoms with Crippen molar-refractivity contribution in [3.63, 3.8) is 0 Å². The maximum atomic E-state index is 6.39. The largest absolute Gasteiger partial charge is 0.360 e. The van der Waals surface area contributed by atoms with Crippen molar-refractivity contribution in [3.8, 4) is 11.3 Å². The van der Waals surface area contributed by atoms with Gasteiger partial charge in [0.1, 0.15) is 0 Å². The molecule has 0 aliphatic heterocycles. The van der Waals surface area contributed by atoms with Crippen molar-refractivity contribution in [2.75, 3.05) is 0 Å². The number of benzene rings is 2. The number of aryl methyl sites for hydroxylation is 1. The number of nitrogens with zero attached hydrogens (tertiary/aromatic N) is 2. The third kappa shape index (κ3) is 2.53. The molecule has 0 bridgehead atoms. The molecule has 0 atom stereocenters. The fraction of sp³-hybridized carbons (Fsp3) is 0.105. The van der Waals surface area contributed by atoms with Crippen molar-refractivity contribution < 1.29 is 0 Å². The summed E-state index contributed by atoms with van der Waals surface area (Å²) >= 11 is 6.39. The van der Waals surface area contributed by atoms with E-state index in [0.717, 1.165) is 28.7 Å². The van der Waals surface area contributed by atoms with Crippen LogP contribution in [0.3, 0.4) is 0 Å². The van der Waals surface area contributed by atoms with Gasteiger partial charge in [0.15, 0.2) is 5.15 Å². The van der Waals surface area contributed by atoms with Gasteiger partial charge in [-0.05, 0) is 18.6 Å². The van der Waals surface area contributed by atoms with E-state index in [1.165, 1.54) is 11.1 Å². The Balaban J connectivity index is 1.82. The molecule has 2 aromatic heterocycles. The average molecular weight is 322 g/mol. The van der Waals surface area contributed by atoms with Crippen LogP contribution in [0.1, 0.15) is 11.1 Å². The van der Waals surface area contributed by atoms with Gasteiger partial charge in [0, 0.05) is 29.2 Å². The molecule has 23 heavy (non-hydrogen) atoms. The zero-order chi connectivity index (χ0) is 15.8. The molecule has 0 saturated carbocycles. The van der Waals surface area contributed by atoms with Crippen LogP contribution in [0.25, 0.3) is 22.2 Å². The van der Waals surface area contributed by atoms with Crippen molar-refractivity contribution in [2.45, 2.75) is 13.5 Å². The number of fused-ring (bicyclic) bond motifs is 1. The lowest BCUT2D eigenvalue weighted by Crippen LogP contribution is -2.00. The van der Waals surface area contributed by atoms with Crippen molar-refractivity contribution in [1.82, 2.24) is 14.5 Å². The molecule has 1 N–H and O–H groups in total. The molecule has 0 amide bonds. The van der Waals surface area contributed by atoms with Crippen molar-refractivity contribution in [3.05, 3.63) is 77.3 Å². The number of aromatic nitrogens is 3. The molecule has 0 saturated heterocycles. The van der Waals surface area contributed by atoms with E-state index >= 15 is 0 Å². The van der Waals surface area contributed by atoms with Crippen LogP contribution in [0.15, 0.2) is 61.1 Å². The highest BCUT2D eigenvalue weighted by Gasteiger charge is 2.15. The van der Waals surface area contributed by atoms with Gasteiger partial charge in [-0.3, -0.25) is 0 Å². The minimum absolute atomic E-state index is 0.530. The topological polar surface area (TPSA) is 33.6 Å². The molecule has 2 aromatic carbocycles. The molecule has 2 heterocycles. The number of hydrogen-bond acceptors (Lipinski definition) is 1. The molecular weight excluding hydrogens is 306 g/mol. The maximum Gasteiger partial charge on any atom is 0.155 e. The number of para-hydroxylation sites is 1. The summed E-state index contributed by atoms with van der Waals surface area (Å²) in [6, 6.07) is 16.7. The molecule has 0 fully saturated rings. The smallest absolute Gasteiger partial charge is 0.155 e. The van der Waals surface area contributed by atoms with E-state index in [2.05, 4.69) is 57.9 Å². The van der Waals surface area contributed by atoms with Crippen molar-refractivity contribution in [1.29, 1.82) is 0 Å². The van der Waals surface area contributed by atoms with Gasteiger partial charge in [0.2, 0.25) is 0 Å². The van der Waals surface area contributed by atoms with Gasteiger partial charge >= 0.3 is 0 Å². The summed E-state index contributed by atoms with van der Waals surface area (Å²) in [5.41, 5.74) is 5.62. The number of halogens is 1. The Morgan fingerprint density at radius 1 is 1.13 bits per heavy atom. The second-order valence-corrected chi connectivity index (χ2v) is 6.11. The molecule has 0 aliphatic rings. The van der Waals surface area contributed by atoms with E-state index in [4.69, 9.17) is 11.6 Å². The molecular formula is C19H16ClN3. The summed E-state index contributed by atoms with van der Waals surface area (Å²) < 4.78 is 2.10. The maximum absolute atomic E-state index is 6.39. The Bertz CT molecular complexity index is 981. The van der Waals surface area contributed by atoms with Crippen LogP contribution in [0.4, 0.5) is 0 Å². The Kier molecular flexibility index (Phi) is 3.43. The first-order valence-corrected chi connectivity index (χ1v) is 7.93. The van der Waals surface area contributed by atoms with Gasteiger partial charge in [0.25, 0.3) is 0 Å². The first kappa shape index (κ1) is 14.1. The minimum atomic E-state index is 0.530. The van der Waals surface area contributed by atoms with Crippen LogP contribution >= 0.6 is 11.6 Å². The second kappa shape index (κ2) is 5.60. The summed E-state index contributed by atoms with van der Waals surface area (Å²) in [6.07, 6.45) is 3.81. The van der Waals surface area contributed by atoms with Crippen LogP contribution < -0.4 is 0 Å². The number of hydrogen-bond donors (Lipinski definition) is 1. The lowest BCUT2D eigenvalue weighted by molar-refractivity contribution is 0.804. The summed E-state index contributed by atoms with van der Waals surface area (Å²) in [5.74, 6) is 0. The van der Waals surface area contributed by atoms with Gasteiger partial charge in [-0.15, -0.1) is 0 Å². The fourth-order valence-corrected chi connectivity index (χ4v) is 3.27. The number of aromatic amines is 1. The molecule has 3 nitrogen and oxygen atoms in total. The van der Waals surface area contributed by atoms with E-state index in [0.29, 0.717) is 5.15 Å². The third-order valence-corrected chi connectivity index (χ3v) is 4.35.